The number of hydrogen-bond acceptors (Lipinski definition) is 0. The van der Waals surface area contributed by atoms with Gasteiger partial charge in [-0.2, -0.15) is 0 Å². The van der Waals surface area contributed by atoms with Crippen LogP contribution in [0.3, 0.4) is 0 Å². The average Bonchev–Trinajstić information content (AvgIpc) is 2.67. The predicted octanol–water partition coefficient (Wildman–Crippen LogP) is 11.8. The molecule has 0 aliphatic rings. The molecule has 0 bridgehead atoms. The Hall–Kier alpha value is -1.56. The van der Waals surface area contributed by atoms with Gasteiger partial charge in [0.2, 0.25) is 0 Å². The highest BCUT2D eigenvalue weighted by Crippen LogP contribution is 2.49. The van der Waals surface area contributed by atoms with Crippen molar-refractivity contribution >= 4 is 0 Å². The van der Waals surface area contributed by atoms with Gasteiger partial charge in [0.05, 0.1) is 0 Å². The van der Waals surface area contributed by atoms with E-state index in [1.807, 2.05) is 0 Å². The molecule has 0 aliphatic heterocycles. The Morgan fingerprint density at radius 1 is 0.462 bits per heavy atom. The van der Waals surface area contributed by atoms with E-state index in [0.29, 0.717) is 5.92 Å². The smallest absolute Gasteiger partial charge is 0.0126 e. The molecule has 1 unspecified atom stereocenters. The predicted molar refractivity (Wildman–Crippen MR) is 177 cm³/mol. The monoisotopic (exact) mass is 533 g/mol. The number of hydrogen-bond donors (Lipinski definition) is 0. The summed E-state index contributed by atoms with van der Waals surface area (Å²) < 4.78 is 0. The van der Waals surface area contributed by atoms with Crippen LogP contribution in [-0.4, -0.2) is 0 Å². The van der Waals surface area contributed by atoms with Crippen LogP contribution in [0.25, 0.3) is 0 Å². The zero-order valence-corrected chi connectivity index (χ0v) is 29.6. The summed E-state index contributed by atoms with van der Waals surface area (Å²) in [6.45, 7) is 45.8. The maximum absolute atomic E-state index is 2.60. The highest BCUT2D eigenvalue weighted by molar-refractivity contribution is 5.57. The fourth-order valence-electron chi connectivity index (χ4n) is 6.62. The lowest BCUT2D eigenvalue weighted by Crippen LogP contribution is -2.32. The van der Waals surface area contributed by atoms with E-state index in [1.165, 1.54) is 22.3 Å². The van der Waals surface area contributed by atoms with E-state index in [9.17, 15) is 0 Å². The molecule has 2 aromatic carbocycles. The third kappa shape index (κ3) is 7.40. The SMILES string of the molecule is CC(Cc1c(C(C)(C)C)cccc1C(C)(C)C)c1c(C(C)(C)C)c(C(C)(C)C)cc(C(C)(C)C)c1C(C)(C)C. The van der Waals surface area contributed by atoms with Crippen LogP contribution in [0.2, 0.25) is 0 Å². The molecule has 0 nitrogen and oxygen atoms in total. The van der Waals surface area contributed by atoms with Crippen molar-refractivity contribution in [2.45, 2.75) is 176 Å². The molecule has 1 atom stereocenters. The molecule has 0 aliphatic carbocycles. The molecule has 0 amide bonds. The molecule has 0 heterocycles. The lowest BCUT2D eigenvalue weighted by molar-refractivity contribution is 0.481. The molecule has 0 radical (unpaired) electrons. The normalized spacial score (nSPS) is 15.1. The fourth-order valence-corrected chi connectivity index (χ4v) is 6.62. The van der Waals surface area contributed by atoms with Crippen LogP contribution >= 0.6 is 0 Å². The third-order valence-corrected chi connectivity index (χ3v) is 8.28. The summed E-state index contributed by atoms with van der Waals surface area (Å²) in [6.07, 6.45) is 1.06. The van der Waals surface area contributed by atoms with E-state index < -0.39 is 0 Å². The fraction of sp³-hybridized carbons (Fsp3) is 0.692. The van der Waals surface area contributed by atoms with Gasteiger partial charge in [0.1, 0.15) is 0 Å². The molecule has 220 valence electrons. The van der Waals surface area contributed by atoms with E-state index >= 15 is 0 Å². The van der Waals surface area contributed by atoms with Crippen molar-refractivity contribution in [2.75, 3.05) is 0 Å². The summed E-state index contributed by atoms with van der Waals surface area (Å²) in [4.78, 5) is 0. The lowest BCUT2D eigenvalue weighted by Gasteiger charge is -2.42. The molecule has 2 aromatic rings. The quantitative estimate of drug-likeness (QED) is 0.369. The van der Waals surface area contributed by atoms with Crippen molar-refractivity contribution < 1.29 is 0 Å². The van der Waals surface area contributed by atoms with E-state index in [1.54, 1.807) is 22.3 Å². The Morgan fingerprint density at radius 3 is 1.03 bits per heavy atom. The summed E-state index contributed by atoms with van der Waals surface area (Å²) in [6, 6.07) is 9.66. The molecule has 0 fully saturated rings. The largest absolute Gasteiger partial charge is 0.0617 e. The summed E-state index contributed by atoms with van der Waals surface area (Å²) >= 11 is 0. The maximum atomic E-state index is 2.60. The van der Waals surface area contributed by atoms with Crippen molar-refractivity contribution in [3.63, 3.8) is 0 Å². The van der Waals surface area contributed by atoms with Crippen LogP contribution in [0.1, 0.15) is 182 Å². The standard InChI is InChI=1S/C39H64/c1-25(23-26-27(34(2,3)4)21-20-22-28(26)35(5,6)7)31-32(38(14,15)16)29(36(8,9)10)24-30(37(11,12)13)33(31)39(17,18)19/h20-22,24-25H,23H2,1-19H3. The number of rotatable bonds is 3. The van der Waals surface area contributed by atoms with Crippen LogP contribution in [0, 0.1) is 0 Å². The van der Waals surface area contributed by atoms with Gasteiger partial charge in [-0.05, 0) is 89.3 Å². The van der Waals surface area contributed by atoms with Crippen molar-refractivity contribution in [3.05, 3.63) is 68.8 Å². The second-order valence-electron chi connectivity index (χ2n) is 18.6. The van der Waals surface area contributed by atoms with Gasteiger partial charge in [0.15, 0.2) is 0 Å². The average molecular weight is 533 g/mol. The second kappa shape index (κ2) is 10.4. The van der Waals surface area contributed by atoms with Gasteiger partial charge < -0.3 is 0 Å². The Balaban J connectivity index is 3.16. The molecule has 0 spiro atoms. The summed E-state index contributed by atoms with van der Waals surface area (Å²) in [5, 5.41) is 0. The second-order valence-corrected chi connectivity index (χ2v) is 18.6. The van der Waals surface area contributed by atoms with Gasteiger partial charge in [0.25, 0.3) is 0 Å². The molecular formula is C39H64. The minimum Gasteiger partial charge on any atom is -0.0617 e. The highest BCUT2D eigenvalue weighted by atomic mass is 14.4. The molecule has 2 rings (SSSR count). The van der Waals surface area contributed by atoms with Crippen molar-refractivity contribution in [2.24, 2.45) is 0 Å². The van der Waals surface area contributed by atoms with Crippen LogP contribution in [-0.2, 0) is 38.9 Å². The first-order valence-electron chi connectivity index (χ1n) is 15.4. The van der Waals surface area contributed by atoms with E-state index in [0.717, 1.165) is 6.42 Å². The van der Waals surface area contributed by atoms with E-state index in [-0.39, 0.29) is 32.5 Å². The van der Waals surface area contributed by atoms with Gasteiger partial charge >= 0.3 is 0 Å². The van der Waals surface area contributed by atoms with Gasteiger partial charge in [-0.15, -0.1) is 0 Å². The molecule has 0 saturated carbocycles. The highest BCUT2D eigenvalue weighted by Gasteiger charge is 2.38. The Kier molecular flexibility index (Phi) is 8.94. The Labute approximate surface area is 244 Å². The summed E-state index contributed by atoms with van der Waals surface area (Å²) in [5.74, 6) is 0.390. The summed E-state index contributed by atoms with van der Waals surface area (Å²) in [5.41, 5.74) is 12.8. The lowest BCUT2D eigenvalue weighted by atomic mass is 9.62. The van der Waals surface area contributed by atoms with Crippen LogP contribution < -0.4 is 0 Å². The molecular weight excluding hydrogens is 468 g/mol. The van der Waals surface area contributed by atoms with Gasteiger partial charge in [-0.25, -0.2) is 0 Å². The zero-order chi connectivity index (χ0) is 30.7. The first-order valence-corrected chi connectivity index (χ1v) is 15.4. The third-order valence-electron chi connectivity index (χ3n) is 8.28. The summed E-state index contributed by atoms with van der Waals surface area (Å²) in [7, 11) is 0. The van der Waals surface area contributed by atoms with Gasteiger partial charge in [-0.1, -0.05) is 156 Å². The van der Waals surface area contributed by atoms with Crippen molar-refractivity contribution in [3.8, 4) is 0 Å². The first kappa shape index (κ1) is 33.6. The minimum absolute atomic E-state index is 0.0407. The Morgan fingerprint density at radius 2 is 0.769 bits per heavy atom. The zero-order valence-electron chi connectivity index (χ0n) is 29.6. The van der Waals surface area contributed by atoms with E-state index in [4.69, 9.17) is 0 Å². The maximum Gasteiger partial charge on any atom is -0.0126 e. The van der Waals surface area contributed by atoms with Crippen LogP contribution in [0.5, 0.6) is 0 Å². The molecule has 0 heteroatoms. The molecule has 0 N–H and O–H groups in total. The van der Waals surface area contributed by atoms with Gasteiger partial charge in [-0.3, -0.25) is 0 Å². The topological polar surface area (TPSA) is 0 Å². The first-order chi connectivity index (χ1) is 17.1. The molecule has 39 heavy (non-hydrogen) atoms. The van der Waals surface area contributed by atoms with Gasteiger partial charge in [0, 0.05) is 0 Å². The number of benzene rings is 2. The minimum atomic E-state index is 0.0407. The van der Waals surface area contributed by atoms with Crippen LogP contribution in [0.15, 0.2) is 24.3 Å². The molecule has 0 aromatic heterocycles. The van der Waals surface area contributed by atoms with Crippen LogP contribution in [0.4, 0.5) is 0 Å². The van der Waals surface area contributed by atoms with E-state index in [2.05, 4.69) is 156 Å². The molecule has 0 saturated heterocycles. The van der Waals surface area contributed by atoms with Crippen molar-refractivity contribution in [1.82, 2.24) is 0 Å². The Bertz CT molecular complexity index is 1080. The van der Waals surface area contributed by atoms with Crippen molar-refractivity contribution in [1.29, 1.82) is 0 Å².